The van der Waals surface area contributed by atoms with Crippen molar-refractivity contribution in [3.05, 3.63) is 23.0 Å². The molecule has 0 aromatic carbocycles. The van der Waals surface area contributed by atoms with Gasteiger partial charge in [0.25, 0.3) is 5.91 Å². The van der Waals surface area contributed by atoms with Crippen molar-refractivity contribution in [2.75, 3.05) is 26.5 Å². The van der Waals surface area contributed by atoms with E-state index in [9.17, 15) is 4.79 Å². The van der Waals surface area contributed by atoms with Crippen LogP contribution in [-0.4, -0.2) is 42.6 Å². The number of ether oxygens (including phenoxy) is 1. The molecule has 1 atom stereocenters. The summed E-state index contributed by atoms with van der Waals surface area (Å²) in [5, 5.41) is 0.153. The summed E-state index contributed by atoms with van der Waals surface area (Å²) in [6, 6.07) is 1.47. The van der Waals surface area contributed by atoms with E-state index in [4.69, 9.17) is 22.1 Å². The molecule has 0 aliphatic heterocycles. The Balaban J connectivity index is 2.92. The molecule has 0 aliphatic carbocycles. The molecule has 5 nitrogen and oxygen atoms in total. The summed E-state index contributed by atoms with van der Waals surface area (Å²) in [7, 11) is 3.27. The summed E-state index contributed by atoms with van der Waals surface area (Å²) in [6.07, 6.45) is 1.41. The van der Waals surface area contributed by atoms with Gasteiger partial charge in [-0.1, -0.05) is 11.6 Å². The lowest BCUT2D eigenvalue weighted by molar-refractivity contribution is 0.0633. The van der Waals surface area contributed by atoms with Crippen LogP contribution >= 0.6 is 11.6 Å². The minimum atomic E-state index is -0.223. The van der Waals surface area contributed by atoms with Crippen molar-refractivity contribution >= 4 is 23.2 Å². The van der Waals surface area contributed by atoms with E-state index in [-0.39, 0.29) is 17.1 Å². The van der Waals surface area contributed by atoms with Crippen LogP contribution in [0.15, 0.2) is 12.3 Å². The molecule has 1 aromatic heterocycles. The monoisotopic (exact) mass is 257 g/mol. The number of carbonyl (C=O) groups excluding carboxylic acids is 1. The predicted molar refractivity (Wildman–Crippen MR) is 67.1 cm³/mol. The third kappa shape index (κ3) is 3.31. The second-order valence-corrected chi connectivity index (χ2v) is 4.19. The number of nitrogens with zero attached hydrogens (tertiary/aromatic N) is 2. The van der Waals surface area contributed by atoms with Crippen molar-refractivity contribution < 1.29 is 9.53 Å². The Kier molecular flexibility index (Phi) is 4.72. The lowest BCUT2D eigenvalue weighted by atomic mass is 10.2. The van der Waals surface area contributed by atoms with Gasteiger partial charge < -0.3 is 15.4 Å². The number of anilines is 1. The Morgan fingerprint density at radius 3 is 2.94 bits per heavy atom. The lowest BCUT2D eigenvalue weighted by Gasteiger charge is -2.24. The van der Waals surface area contributed by atoms with Crippen LogP contribution in [-0.2, 0) is 4.74 Å². The number of nitrogens with two attached hydrogens (primary N) is 1. The highest BCUT2D eigenvalue weighted by Gasteiger charge is 2.20. The van der Waals surface area contributed by atoms with Gasteiger partial charge in [0.15, 0.2) is 0 Å². The number of rotatable bonds is 4. The minimum absolute atomic E-state index is 0.0509. The molecular weight excluding hydrogens is 242 g/mol. The third-order valence-electron chi connectivity index (χ3n) is 2.48. The van der Waals surface area contributed by atoms with Crippen LogP contribution in [0.2, 0.25) is 5.15 Å². The van der Waals surface area contributed by atoms with Crippen LogP contribution in [0.25, 0.3) is 0 Å². The predicted octanol–water partition coefficient (Wildman–Crippen LogP) is 1.42. The number of pyridine rings is 1. The number of nitrogen functional groups attached to an aromatic ring is 1. The number of halogens is 1. The van der Waals surface area contributed by atoms with Gasteiger partial charge in [-0.15, -0.1) is 0 Å². The van der Waals surface area contributed by atoms with Crippen molar-refractivity contribution in [1.29, 1.82) is 0 Å². The summed E-state index contributed by atoms with van der Waals surface area (Å²) in [5.74, 6) is -0.223. The first-order valence-corrected chi connectivity index (χ1v) is 5.52. The summed E-state index contributed by atoms with van der Waals surface area (Å²) in [6.45, 7) is 2.34. The molecule has 0 spiro atoms. The van der Waals surface area contributed by atoms with E-state index in [2.05, 4.69) is 4.98 Å². The molecule has 0 saturated heterocycles. The first kappa shape index (κ1) is 13.7. The molecule has 1 amide bonds. The number of amides is 1. The minimum Gasteiger partial charge on any atom is -0.397 e. The number of carbonyl (C=O) groups is 1. The molecule has 0 bridgehead atoms. The van der Waals surface area contributed by atoms with Gasteiger partial charge in [0.2, 0.25) is 0 Å². The van der Waals surface area contributed by atoms with E-state index in [1.54, 1.807) is 19.1 Å². The molecule has 1 aromatic rings. The molecule has 1 rings (SSSR count). The Morgan fingerprint density at radius 1 is 1.71 bits per heavy atom. The summed E-state index contributed by atoms with van der Waals surface area (Å²) in [5.41, 5.74) is 6.29. The normalized spacial score (nSPS) is 12.2. The number of hydrogen-bond acceptors (Lipinski definition) is 4. The number of aromatic nitrogens is 1. The van der Waals surface area contributed by atoms with Crippen molar-refractivity contribution in [2.24, 2.45) is 0 Å². The molecule has 17 heavy (non-hydrogen) atoms. The van der Waals surface area contributed by atoms with Crippen molar-refractivity contribution in [1.82, 2.24) is 9.88 Å². The van der Waals surface area contributed by atoms with Crippen molar-refractivity contribution in [3.63, 3.8) is 0 Å². The van der Waals surface area contributed by atoms with Crippen LogP contribution < -0.4 is 5.73 Å². The highest BCUT2D eigenvalue weighted by atomic mass is 35.5. The van der Waals surface area contributed by atoms with Gasteiger partial charge in [-0.3, -0.25) is 4.79 Å². The average Bonchev–Trinajstić information content (AvgIpc) is 2.30. The van der Waals surface area contributed by atoms with Crippen LogP contribution in [0.3, 0.4) is 0 Å². The Labute approximate surface area is 106 Å². The fourth-order valence-electron chi connectivity index (χ4n) is 1.36. The molecule has 0 aliphatic rings. The van der Waals surface area contributed by atoms with E-state index in [0.717, 1.165) is 0 Å². The van der Waals surface area contributed by atoms with Gasteiger partial charge in [-0.05, 0) is 13.0 Å². The van der Waals surface area contributed by atoms with Crippen LogP contribution in [0.1, 0.15) is 17.3 Å². The molecule has 94 valence electrons. The standard InChI is InChI=1S/C11H16ClN3O2/c1-7(6-17-3)15(2)11(16)9-4-8(13)5-14-10(9)12/h4-5,7H,6,13H2,1-3H3. The summed E-state index contributed by atoms with van der Waals surface area (Å²) < 4.78 is 5.00. The number of methoxy groups -OCH3 is 1. The Bertz CT molecular complexity index is 412. The van der Waals surface area contributed by atoms with E-state index < -0.39 is 0 Å². The van der Waals surface area contributed by atoms with E-state index in [1.807, 2.05) is 6.92 Å². The molecule has 1 heterocycles. The van der Waals surface area contributed by atoms with Gasteiger partial charge in [-0.25, -0.2) is 4.98 Å². The molecule has 0 fully saturated rings. The topological polar surface area (TPSA) is 68.5 Å². The van der Waals surface area contributed by atoms with Gasteiger partial charge in [0.1, 0.15) is 5.15 Å². The molecule has 1 unspecified atom stereocenters. The average molecular weight is 258 g/mol. The second-order valence-electron chi connectivity index (χ2n) is 3.83. The van der Waals surface area contributed by atoms with E-state index in [0.29, 0.717) is 17.9 Å². The zero-order chi connectivity index (χ0) is 13.0. The van der Waals surface area contributed by atoms with E-state index >= 15 is 0 Å². The molecule has 0 radical (unpaired) electrons. The number of hydrogen-bond donors (Lipinski definition) is 1. The summed E-state index contributed by atoms with van der Waals surface area (Å²) >= 11 is 5.87. The first-order valence-electron chi connectivity index (χ1n) is 5.14. The Hall–Kier alpha value is -1.33. The van der Waals surface area contributed by atoms with Gasteiger partial charge in [-0.2, -0.15) is 0 Å². The zero-order valence-electron chi connectivity index (χ0n) is 10.1. The SMILES string of the molecule is COCC(C)N(C)C(=O)c1cc(N)cnc1Cl. The van der Waals surface area contributed by atoms with Crippen LogP contribution in [0.5, 0.6) is 0 Å². The fourth-order valence-corrected chi connectivity index (χ4v) is 1.54. The van der Waals surface area contributed by atoms with Gasteiger partial charge in [0, 0.05) is 14.2 Å². The van der Waals surface area contributed by atoms with Crippen molar-refractivity contribution in [2.45, 2.75) is 13.0 Å². The third-order valence-corrected chi connectivity index (χ3v) is 2.78. The smallest absolute Gasteiger partial charge is 0.257 e. The van der Waals surface area contributed by atoms with Gasteiger partial charge in [0.05, 0.1) is 30.1 Å². The fraction of sp³-hybridized carbons (Fsp3) is 0.455. The second kappa shape index (κ2) is 5.84. The highest BCUT2D eigenvalue weighted by molar-refractivity contribution is 6.32. The zero-order valence-corrected chi connectivity index (χ0v) is 10.9. The molecule has 6 heteroatoms. The molecule has 2 N–H and O–H groups in total. The van der Waals surface area contributed by atoms with Crippen LogP contribution in [0, 0.1) is 0 Å². The molecule has 0 saturated carbocycles. The van der Waals surface area contributed by atoms with Gasteiger partial charge >= 0.3 is 0 Å². The highest BCUT2D eigenvalue weighted by Crippen LogP contribution is 2.18. The maximum atomic E-state index is 12.1. The van der Waals surface area contributed by atoms with Crippen molar-refractivity contribution in [3.8, 4) is 0 Å². The maximum absolute atomic E-state index is 12.1. The maximum Gasteiger partial charge on any atom is 0.257 e. The lowest BCUT2D eigenvalue weighted by Crippen LogP contribution is -2.38. The first-order chi connectivity index (χ1) is 7.97. The molecular formula is C11H16ClN3O2. The quantitative estimate of drug-likeness (QED) is 0.829. The summed E-state index contributed by atoms with van der Waals surface area (Å²) in [4.78, 5) is 17.5. The van der Waals surface area contributed by atoms with E-state index in [1.165, 1.54) is 12.3 Å². The Morgan fingerprint density at radius 2 is 2.35 bits per heavy atom. The largest absolute Gasteiger partial charge is 0.397 e. The van der Waals surface area contributed by atoms with Crippen LogP contribution in [0.4, 0.5) is 5.69 Å². The number of likely N-dealkylation sites (N-methyl/N-ethyl adjacent to an activating group) is 1.